The molecule has 11 aromatic carbocycles. The predicted octanol–water partition coefficient (Wildman–Crippen LogP) is 18.7. The molecule has 2 heteroatoms. The van der Waals surface area contributed by atoms with E-state index >= 15 is 0 Å². The van der Waals surface area contributed by atoms with Crippen LogP contribution in [-0.4, -0.2) is 0 Å². The molecule has 2 nitrogen and oxygen atoms in total. The van der Waals surface area contributed by atoms with Crippen molar-refractivity contribution in [1.82, 2.24) is 0 Å². The summed E-state index contributed by atoms with van der Waals surface area (Å²) in [6.07, 6.45) is 0. The molecular formula is C66H45NO. The summed E-state index contributed by atoms with van der Waals surface area (Å²) in [5.74, 6) is 0.884. The van der Waals surface area contributed by atoms with Crippen molar-refractivity contribution in [3.05, 3.63) is 273 Å². The largest absolute Gasteiger partial charge is 0.455 e. The second-order valence-electron chi connectivity index (χ2n) is 17.3. The van der Waals surface area contributed by atoms with Gasteiger partial charge in [0.2, 0.25) is 0 Å². The van der Waals surface area contributed by atoms with Gasteiger partial charge in [-0.3, -0.25) is 0 Å². The lowest BCUT2D eigenvalue weighted by Crippen LogP contribution is -2.09. The fourth-order valence-corrected chi connectivity index (χ4v) is 9.65. The van der Waals surface area contributed by atoms with Gasteiger partial charge in [-0.2, -0.15) is 0 Å². The maximum atomic E-state index is 6.57. The van der Waals surface area contributed by atoms with E-state index in [1.807, 2.05) is 12.1 Å². The van der Waals surface area contributed by atoms with Crippen LogP contribution in [0.4, 0.5) is 17.1 Å². The standard InChI is InChI=1S/C66H45NO/c1-3-15-51(16-4-1)61-22-9-10-23-62(61)52-36-42-60(43-37-52)67(59-40-34-50(35-41-59)56-31-30-46-14-7-8-19-54(46)44-56)58-38-32-48(33-39-58)47-26-28-49(29-27-47)55-20-13-21-57(45-55)66-65(53-17-5-2-6-18-53)63-24-11-12-25-64(63)68-66/h1-45H. The van der Waals surface area contributed by atoms with Crippen LogP contribution < -0.4 is 4.90 Å². The van der Waals surface area contributed by atoms with Crippen LogP contribution in [0.1, 0.15) is 0 Å². The first-order valence-corrected chi connectivity index (χ1v) is 23.2. The van der Waals surface area contributed by atoms with Crippen LogP contribution in [-0.2, 0) is 0 Å². The number of anilines is 3. The third-order valence-electron chi connectivity index (χ3n) is 13.1. The molecule has 0 atom stereocenters. The predicted molar refractivity (Wildman–Crippen MR) is 286 cm³/mol. The maximum absolute atomic E-state index is 6.57. The average molecular weight is 868 g/mol. The van der Waals surface area contributed by atoms with E-state index in [0.717, 1.165) is 72.7 Å². The molecule has 0 saturated carbocycles. The summed E-state index contributed by atoms with van der Waals surface area (Å²) < 4.78 is 6.57. The van der Waals surface area contributed by atoms with Crippen LogP contribution in [0, 0.1) is 0 Å². The van der Waals surface area contributed by atoms with E-state index < -0.39 is 0 Å². The molecule has 0 amide bonds. The van der Waals surface area contributed by atoms with Crippen molar-refractivity contribution < 1.29 is 4.42 Å². The number of nitrogens with zero attached hydrogens (tertiary/aromatic N) is 1. The fourth-order valence-electron chi connectivity index (χ4n) is 9.65. The summed E-state index contributed by atoms with van der Waals surface area (Å²) in [5.41, 5.74) is 19.3. The number of hydrogen-bond donors (Lipinski definition) is 0. The quantitative estimate of drug-likeness (QED) is 0.136. The first-order chi connectivity index (χ1) is 33.7. The van der Waals surface area contributed by atoms with Gasteiger partial charge in [-0.1, -0.05) is 218 Å². The highest BCUT2D eigenvalue weighted by Gasteiger charge is 2.19. The third-order valence-corrected chi connectivity index (χ3v) is 13.1. The van der Waals surface area contributed by atoms with Gasteiger partial charge in [-0.15, -0.1) is 0 Å². The number of para-hydroxylation sites is 1. The molecule has 0 aliphatic carbocycles. The molecule has 68 heavy (non-hydrogen) atoms. The van der Waals surface area contributed by atoms with E-state index in [4.69, 9.17) is 4.42 Å². The monoisotopic (exact) mass is 867 g/mol. The van der Waals surface area contributed by atoms with E-state index in [2.05, 4.69) is 266 Å². The molecule has 0 unspecified atom stereocenters. The van der Waals surface area contributed by atoms with Crippen molar-refractivity contribution in [2.45, 2.75) is 0 Å². The van der Waals surface area contributed by atoms with Crippen molar-refractivity contribution in [2.75, 3.05) is 4.90 Å². The van der Waals surface area contributed by atoms with E-state index in [-0.39, 0.29) is 0 Å². The summed E-state index contributed by atoms with van der Waals surface area (Å²) in [7, 11) is 0. The van der Waals surface area contributed by atoms with Crippen molar-refractivity contribution in [3.63, 3.8) is 0 Å². The molecule has 0 fully saturated rings. The summed E-state index contributed by atoms with van der Waals surface area (Å²) in [5, 5.41) is 3.60. The maximum Gasteiger partial charge on any atom is 0.143 e. The van der Waals surface area contributed by atoms with Crippen molar-refractivity contribution in [1.29, 1.82) is 0 Å². The Bertz CT molecular complexity index is 3680. The molecular weight excluding hydrogens is 823 g/mol. The van der Waals surface area contributed by atoms with Crippen molar-refractivity contribution >= 4 is 38.8 Å². The molecule has 0 bridgehead atoms. The Balaban J connectivity index is 0.856. The Morgan fingerprint density at radius 1 is 0.250 bits per heavy atom. The van der Waals surface area contributed by atoms with Crippen LogP contribution >= 0.6 is 0 Å². The summed E-state index contributed by atoms with van der Waals surface area (Å²) in [4.78, 5) is 2.35. The average Bonchev–Trinajstić information content (AvgIpc) is 3.82. The highest BCUT2D eigenvalue weighted by atomic mass is 16.3. The molecule has 0 radical (unpaired) electrons. The van der Waals surface area contributed by atoms with E-state index in [1.165, 1.54) is 44.2 Å². The third kappa shape index (κ3) is 7.85. The number of benzene rings is 11. The van der Waals surface area contributed by atoms with Crippen molar-refractivity contribution in [2.24, 2.45) is 0 Å². The zero-order chi connectivity index (χ0) is 45.2. The van der Waals surface area contributed by atoms with Gasteiger partial charge in [-0.05, 0) is 127 Å². The first-order valence-electron chi connectivity index (χ1n) is 23.2. The minimum Gasteiger partial charge on any atom is -0.455 e. The molecule has 12 rings (SSSR count). The highest BCUT2D eigenvalue weighted by Crippen LogP contribution is 2.43. The fraction of sp³-hybridized carbons (Fsp3) is 0. The number of hydrogen-bond acceptors (Lipinski definition) is 2. The Morgan fingerprint density at radius 3 is 1.28 bits per heavy atom. The molecule has 0 N–H and O–H groups in total. The second-order valence-corrected chi connectivity index (χ2v) is 17.3. The molecule has 1 heterocycles. The van der Waals surface area contributed by atoms with Crippen LogP contribution in [0.15, 0.2) is 277 Å². The lowest BCUT2D eigenvalue weighted by molar-refractivity contribution is 0.632. The minimum absolute atomic E-state index is 0.884. The topological polar surface area (TPSA) is 16.4 Å². The molecule has 0 aliphatic heterocycles. The summed E-state index contributed by atoms with van der Waals surface area (Å²) in [6, 6.07) is 97.8. The molecule has 0 spiro atoms. The minimum atomic E-state index is 0.884. The summed E-state index contributed by atoms with van der Waals surface area (Å²) in [6.45, 7) is 0. The van der Waals surface area contributed by atoms with E-state index in [1.54, 1.807) is 0 Å². The van der Waals surface area contributed by atoms with Gasteiger partial charge in [0.1, 0.15) is 11.3 Å². The van der Waals surface area contributed by atoms with Crippen molar-refractivity contribution in [3.8, 4) is 78.1 Å². The Kier molecular flexibility index (Phi) is 10.6. The number of rotatable bonds is 10. The zero-order valence-electron chi connectivity index (χ0n) is 37.3. The first kappa shape index (κ1) is 40.5. The number of furan rings is 1. The second kappa shape index (κ2) is 17.8. The zero-order valence-corrected chi connectivity index (χ0v) is 37.3. The van der Waals surface area contributed by atoms with E-state index in [0.29, 0.717) is 0 Å². The highest BCUT2D eigenvalue weighted by molar-refractivity contribution is 6.02. The Hall–Kier alpha value is -8.98. The van der Waals surface area contributed by atoms with Gasteiger partial charge in [-0.25, -0.2) is 0 Å². The van der Waals surface area contributed by atoms with Gasteiger partial charge < -0.3 is 9.32 Å². The van der Waals surface area contributed by atoms with Crippen LogP contribution in [0.2, 0.25) is 0 Å². The van der Waals surface area contributed by atoms with Gasteiger partial charge in [0.15, 0.2) is 0 Å². The molecule has 0 aliphatic rings. The van der Waals surface area contributed by atoms with Crippen LogP contribution in [0.3, 0.4) is 0 Å². The van der Waals surface area contributed by atoms with E-state index in [9.17, 15) is 0 Å². The summed E-state index contributed by atoms with van der Waals surface area (Å²) >= 11 is 0. The Labute approximate surface area is 397 Å². The van der Waals surface area contributed by atoms with Gasteiger partial charge in [0.25, 0.3) is 0 Å². The number of fused-ring (bicyclic) bond motifs is 2. The Morgan fingerprint density at radius 2 is 0.662 bits per heavy atom. The normalized spacial score (nSPS) is 11.2. The lowest BCUT2D eigenvalue weighted by Gasteiger charge is -2.26. The smallest absolute Gasteiger partial charge is 0.143 e. The van der Waals surface area contributed by atoms with Gasteiger partial charge in [0, 0.05) is 33.6 Å². The molecule has 320 valence electrons. The van der Waals surface area contributed by atoms with Crippen LogP contribution in [0.25, 0.3) is 99.8 Å². The molecule has 12 aromatic rings. The SMILES string of the molecule is c1ccc(-c2ccccc2-c2ccc(N(c3ccc(-c4ccc(-c5cccc(-c6oc7ccccc7c6-c6ccccc6)c5)cc4)cc3)c3ccc(-c4ccc5ccccc5c4)cc3)cc2)cc1. The van der Waals surface area contributed by atoms with Gasteiger partial charge >= 0.3 is 0 Å². The lowest BCUT2D eigenvalue weighted by atomic mass is 9.94. The molecule has 0 saturated heterocycles. The van der Waals surface area contributed by atoms with Gasteiger partial charge in [0.05, 0.1) is 0 Å². The molecule has 1 aromatic heterocycles. The van der Waals surface area contributed by atoms with Crippen LogP contribution in [0.5, 0.6) is 0 Å².